The molecule has 0 aliphatic rings. The fourth-order valence-electron chi connectivity index (χ4n) is 3.75. The molecule has 0 aliphatic heterocycles. The van der Waals surface area contributed by atoms with Crippen molar-refractivity contribution in [3.8, 4) is 0 Å². The number of rotatable bonds is 5. The molecular weight excluding hydrogens is 369 g/mol. The lowest BCUT2D eigenvalue weighted by atomic mass is 10.4. The molecule has 0 atom stereocenters. The van der Waals surface area contributed by atoms with E-state index in [0.29, 0.717) is 0 Å². The van der Waals surface area contributed by atoms with Gasteiger partial charge in [0, 0.05) is 0 Å². The van der Waals surface area contributed by atoms with Crippen molar-refractivity contribution in [2.24, 2.45) is 0 Å². The van der Waals surface area contributed by atoms with Crippen molar-refractivity contribution >= 4 is 43.4 Å². The second-order valence-corrected chi connectivity index (χ2v) is 15.6. The smallest absolute Gasteiger partial charge is 0.0136 e. The zero-order valence-electron chi connectivity index (χ0n) is 16.0. The molecule has 0 saturated carbocycles. The molecule has 0 amide bonds. The molecule has 3 rings (SSSR count). The van der Waals surface area contributed by atoms with Crippen LogP contribution in [-0.4, -0.2) is 31.4 Å². The van der Waals surface area contributed by atoms with Crippen molar-refractivity contribution in [3.63, 3.8) is 0 Å². The predicted octanol–water partition coefficient (Wildman–Crippen LogP) is 5.55. The molecule has 26 heavy (non-hydrogen) atoms. The van der Waals surface area contributed by atoms with E-state index in [1.807, 2.05) is 0 Å². The van der Waals surface area contributed by atoms with Crippen LogP contribution in [0.5, 0.6) is 0 Å². The van der Waals surface area contributed by atoms with Gasteiger partial charge in [-0.2, -0.15) is 0 Å². The van der Waals surface area contributed by atoms with Crippen LogP contribution in [0.1, 0.15) is 0 Å². The second kappa shape index (κ2) is 8.67. The third kappa shape index (κ3) is 3.62. The van der Waals surface area contributed by atoms with Crippen molar-refractivity contribution in [1.29, 1.82) is 0 Å². The molecule has 0 fully saturated rings. The van der Waals surface area contributed by atoms with Crippen LogP contribution in [0.15, 0.2) is 91.0 Å². The second-order valence-electron chi connectivity index (χ2n) is 6.77. The molecule has 0 spiro atoms. The van der Waals surface area contributed by atoms with E-state index in [1.54, 1.807) is 4.78 Å². The van der Waals surface area contributed by atoms with E-state index in [9.17, 15) is 0 Å². The summed E-state index contributed by atoms with van der Waals surface area (Å²) in [6.07, 6.45) is 0. The van der Waals surface area contributed by atoms with Crippen LogP contribution in [0, 0.1) is 0 Å². The van der Waals surface area contributed by atoms with E-state index < -0.39 is 6.89 Å². The fraction of sp³-hybridized carbons (Fsp3) is 0.174. The summed E-state index contributed by atoms with van der Waals surface area (Å²) in [5.74, 6) is 0. The van der Waals surface area contributed by atoms with Crippen LogP contribution in [0.4, 0.5) is 0 Å². The van der Waals surface area contributed by atoms with Gasteiger partial charge in [-0.15, -0.1) is 0 Å². The largest absolute Gasteiger partial charge is 0.0801 e. The zero-order chi connectivity index (χ0) is 18.6. The highest BCUT2D eigenvalue weighted by Crippen LogP contribution is 2.61. The van der Waals surface area contributed by atoms with Crippen molar-refractivity contribution in [1.82, 2.24) is 0 Å². The van der Waals surface area contributed by atoms with Gasteiger partial charge in [0.2, 0.25) is 0 Å². The van der Waals surface area contributed by atoms with Gasteiger partial charge < -0.3 is 0 Å². The highest BCUT2D eigenvalue weighted by molar-refractivity contribution is 8.20. The summed E-state index contributed by atoms with van der Waals surface area (Å²) >= 11 is 0. The van der Waals surface area contributed by atoms with Crippen LogP contribution in [-0.2, 0) is 0 Å². The standard InChI is InChI=1S/C23H27P3/c1-24(2)23(25(3)4)26(20-14-8-5-9-15-20,21-16-10-6-11-17-21)22-18-12-7-13-19-22/h5-19H,1-4H3. The number of hydrogen-bond donors (Lipinski definition) is 0. The number of benzene rings is 3. The van der Waals surface area contributed by atoms with Gasteiger partial charge in [0.05, 0.1) is 0 Å². The minimum atomic E-state index is -1.80. The third-order valence-electron chi connectivity index (χ3n) is 4.53. The van der Waals surface area contributed by atoms with Gasteiger partial charge in [0.25, 0.3) is 0 Å². The summed E-state index contributed by atoms with van der Waals surface area (Å²) in [7, 11) is -0.335. The molecule has 3 aromatic rings. The Morgan fingerprint density at radius 3 is 1.00 bits per heavy atom. The Balaban J connectivity index is 2.59. The molecule has 0 nitrogen and oxygen atoms in total. The van der Waals surface area contributed by atoms with Gasteiger partial charge in [-0.1, -0.05) is 107 Å². The van der Waals surface area contributed by atoms with Gasteiger partial charge in [-0.05, 0) is 54.2 Å². The SMILES string of the molecule is CP(C)C(P(C)C)=P(c1ccccc1)(c1ccccc1)c1ccccc1. The van der Waals surface area contributed by atoms with E-state index in [2.05, 4.69) is 118 Å². The molecule has 0 saturated heterocycles. The first kappa shape index (κ1) is 19.6. The lowest BCUT2D eigenvalue weighted by Gasteiger charge is -2.36. The van der Waals surface area contributed by atoms with Crippen molar-refractivity contribution in [2.75, 3.05) is 26.7 Å². The van der Waals surface area contributed by atoms with Gasteiger partial charge in [0.1, 0.15) is 0 Å². The van der Waals surface area contributed by atoms with E-state index in [-0.39, 0.29) is 15.8 Å². The zero-order valence-corrected chi connectivity index (χ0v) is 18.7. The molecule has 3 heteroatoms. The topological polar surface area (TPSA) is 0 Å². The molecule has 0 aromatic heterocycles. The van der Waals surface area contributed by atoms with E-state index in [4.69, 9.17) is 0 Å². The summed E-state index contributed by atoms with van der Waals surface area (Å²) in [5, 5.41) is 4.46. The highest BCUT2D eigenvalue weighted by atomic mass is 31.2. The minimum absolute atomic E-state index is 0.167. The van der Waals surface area contributed by atoms with Crippen molar-refractivity contribution in [3.05, 3.63) is 91.0 Å². The van der Waals surface area contributed by atoms with Gasteiger partial charge in [0.15, 0.2) is 0 Å². The molecule has 0 N–H and O–H groups in total. The van der Waals surface area contributed by atoms with Gasteiger partial charge in [-0.3, -0.25) is 0 Å². The van der Waals surface area contributed by atoms with Crippen LogP contribution >= 0.6 is 22.7 Å². The molecule has 0 aliphatic carbocycles. The van der Waals surface area contributed by atoms with E-state index >= 15 is 0 Å². The van der Waals surface area contributed by atoms with Crippen molar-refractivity contribution < 1.29 is 0 Å². The summed E-state index contributed by atoms with van der Waals surface area (Å²) in [5.41, 5.74) is 0. The number of hydrogen-bond acceptors (Lipinski definition) is 0. The first-order valence-corrected chi connectivity index (χ1v) is 15.1. The lowest BCUT2D eigenvalue weighted by molar-refractivity contribution is 1.73. The third-order valence-corrected chi connectivity index (χ3v) is 16.5. The summed E-state index contributed by atoms with van der Waals surface area (Å²) in [6, 6.07) is 33.7. The monoisotopic (exact) mass is 396 g/mol. The first-order valence-electron chi connectivity index (χ1n) is 8.86. The van der Waals surface area contributed by atoms with E-state index in [1.165, 1.54) is 15.9 Å². The van der Waals surface area contributed by atoms with Crippen molar-refractivity contribution in [2.45, 2.75) is 0 Å². The Labute approximate surface area is 161 Å². The Kier molecular flexibility index (Phi) is 6.53. The molecule has 134 valence electrons. The molecule has 0 unspecified atom stereocenters. The van der Waals surface area contributed by atoms with Crippen LogP contribution in [0.3, 0.4) is 0 Å². The molecular formula is C23H27P3. The predicted molar refractivity (Wildman–Crippen MR) is 128 cm³/mol. The Hall–Kier alpha value is -1.18. The van der Waals surface area contributed by atoms with Gasteiger partial charge in [-0.25, -0.2) is 0 Å². The molecule has 0 radical (unpaired) electrons. The fourth-order valence-corrected chi connectivity index (χ4v) is 17.3. The van der Waals surface area contributed by atoms with E-state index in [0.717, 1.165) is 0 Å². The van der Waals surface area contributed by atoms with Crippen LogP contribution in [0.2, 0.25) is 0 Å². The maximum Gasteiger partial charge on any atom is -0.0136 e. The minimum Gasteiger partial charge on any atom is -0.0801 e. The Morgan fingerprint density at radius 2 is 0.769 bits per heavy atom. The Morgan fingerprint density at radius 1 is 0.500 bits per heavy atom. The Bertz CT molecular complexity index is 769. The molecule has 0 heterocycles. The normalized spacial score (nSPS) is 11.8. The first-order chi connectivity index (χ1) is 12.6. The quantitative estimate of drug-likeness (QED) is 0.496. The maximum atomic E-state index is 2.44. The van der Waals surface area contributed by atoms with Crippen LogP contribution in [0.25, 0.3) is 0 Å². The summed E-state index contributed by atoms with van der Waals surface area (Å²) in [6.45, 7) is 7.96. The molecule has 0 bridgehead atoms. The van der Waals surface area contributed by atoms with Gasteiger partial charge >= 0.3 is 0 Å². The highest BCUT2D eigenvalue weighted by Gasteiger charge is 2.32. The lowest BCUT2D eigenvalue weighted by Crippen LogP contribution is -2.29. The average molecular weight is 396 g/mol. The van der Waals surface area contributed by atoms with Crippen LogP contribution < -0.4 is 15.9 Å². The maximum absolute atomic E-state index is 2.44. The summed E-state index contributed by atoms with van der Waals surface area (Å²) < 4.78 is 1.80. The average Bonchev–Trinajstić information content (AvgIpc) is 2.67. The molecule has 3 aromatic carbocycles. The summed E-state index contributed by atoms with van der Waals surface area (Å²) in [4.78, 5) is 0.